The standard InChI is InChI=1S/C40H58O2/c1-29(17-13-19-31(3)21-23-35-33(5)37(41)25-27-39(35,7)8)15-11-12-16-30(2)18-14-20-32(4)22-24-36-34(6)38(42)26-28-40(36,9)10/h13-24,37-38,41-42H,11-12,25-28H2,1-10H3. The van der Waals surface area contributed by atoms with Gasteiger partial charge in [0.05, 0.1) is 12.2 Å². The first-order valence-electron chi connectivity index (χ1n) is 15.8. The van der Waals surface area contributed by atoms with Crippen LogP contribution in [0.3, 0.4) is 0 Å². The van der Waals surface area contributed by atoms with E-state index in [9.17, 15) is 10.2 Å². The van der Waals surface area contributed by atoms with Crippen molar-refractivity contribution in [2.45, 2.75) is 120 Å². The van der Waals surface area contributed by atoms with Gasteiger partial charge in [-0.05, 0) is 113 Å². The molecule has 0 spiro atoms. The molecule has 2 aliphatic carbocycles. The second-order valence-corrected chi connectivity index (χ2v) is 13.7. The Kier molecular flexibility index (Phi) is 13.7. The number of hydrogen-bond donors (Lipinski definition) is 2. The van der Waals surface area contributed by atoms with Gasteiger partial charge in [-0.25, -0.2) is 0 Å². The zero-order valence-corrected chi connectivity index (χ0v) is 28.2. The number of rotatable bonds is 11. The van der Waals surface area contributed by atoms with Crippen molar-refractivity contribution in [3.8, 4) is 0 Å². The van der Waals surface area contributed by atoms with Crippen molar-refractivity contribution in [2.75, 3.05) is 0 Å². The average Bonchev–Trinajstić information content (AvgIpc) is 2.91. The van der Waals surface area contributed by atoms with E-state index in [2.05, 4.69) is 142 Å². The fraction of sp³-hybridized carbons (Fsp3) is 0.500. The van der Waals surface area contributed by atoms with Crippen LogP contribution in [-0.2, 0) is 0 Å². The van der Waals surface area contributed by atoms with Crippen LogP contribution in [0.25, 0.3) is 0 Å². The van der Waals surface area contributed by atoms with Gasteiger partial charge in [0.25, 0.3) is 0 Å². The fourth-order valence-corrected chi connectivity index (χ4v) is 5.84. The van der Waals surface area contributed by atoms with E-state index in [1.165, 1.54) is 33.4 Å². The Hall–Kier alpha value is -2.68. The van der Waals surface area contributed by atoms with Crippen LogP contribution in [0.1, 0.15) is 108 Å². The Morgan fingerprint density at radius 2 is 0.976 bits per heavy atom. The Morgan fingerprint density at radius 3 is 1.33 bits per heavy atom. The molecule has 0 radical (unpaired) electrons. The third-order valence-electron chi connectivity index (χ3n) is 8.95. The molecule has 0 aromatic carbocycles. The van der Waals surface area contributed by atoms with Gasteiger partial charge in [-0.2, -0.15) is 0 Å². The number of aliphatic hydroxyl groups excluding tert-OH is 2. The highest BCUT2D eigenvalue weighted by Gasteiger charge is 2.31. The fourth-order valence-electron chi connectivity index (χ4n) is 5.84. The molecule has 0 bridgehead atoms. The molecule has 42 heavy (non-hydrogen) atoms. The lowest BCUT2D eigenvalue weighted by molar-refractivity contribution is 0.163. The molecule has 2 nitrogen and oxygen atoms in total. The largest absolute Gasteiger partial charge is 0.389 e. The van der Waals surface area contributed by atoms with E-state index < -0.39 is 0 Å². The minimum atomic E-state index is -0.309. The molecule has 2 aliphatic rings. The van der Waals surface area contributed by atoms with Gasteiger partial charge >= 0.3 is 0 Å². The zero-order valence-electron chi connectivity index (χ0n) is 28.2. The van der Waals surface area contributed by atoms with Crippen LogP contribution in [0.4, 0.5) is 0 Å². The Morgan fingerprint density at radius 1 is 0.619 bits per heavy atom. The molecular weight excluding hydrogens is 512 g/mol. The van der Waals surface area contributed by atoms with Gasteiger partial charge in [0.1, 0.15) is 0 Å². The quantitative estimate of drug-likeness (QED) is 0.192. The van der Waals surface area contributed by atoms with Gasteiger partial charge in [0.2, 0.25) is 0 Å². The van der Waals surface area contributed by atoms with Gasteiger partial charge in [-0.15, -0.1) is 0 Å². The molecule has 0 aromatic heterocycles. The summed E-state index contributed by atoms with van der Waals surface area (Å²) >= 11 is 0. The summed E-state index contributed by atoms with van der Waals surface area (Å²) < 4.78 is 0. The van der Waals surface area contributed by atoms with Crippen molar-refractivity contribution >= 4 is 0 Å². The maximum atomic E-state index is 10.3. The lowest BCUT2D eigenvalue weighted by Crippen LogP contribution is -2.27. The molecule has 0 amide bonds. The second-order valence-electron chi connectivity index (χ2n) is 13.7. The summed E-state index contributed by atoms with van der Waals surface area (Å²) in [6, 6.07) is 0. The van der Waals surface area contributed by atoms with E-state index >= 15 is 0 Å². The minimum Gasteiger partial charge on any atom is -0.389 e. The predicted octanol–water partition coefficient (Wildman–Crippen LogP) is 10.8. The van der Waals surface area contributed by atoms with E-state index in [1.54, 1.807) is 0 Å². The molecule has 2 unspecified atom stereocenters. The maximum Gasteiger partial charge on any atom is 0.0753 e. The molecule has 2 heteroatoms. The monoisotopic (exact) mass is 570 g/mol. The normalized spacial score (nSPS) is 24.9. The minimum absolute atomic E-state index is 0.111. The van der Waals surface area contributed by atoms with Crippen LogP contribution >= 0.6 is 0 Å². The Bertz CT molecular complexity index is 1150. The van der Waals surface area contributed by atoms with Crippen LogP contribution in [0.2, 0.25) is 0 Å². The summed E-state index contributed by atoms with van der Waals surface area (Å²) in [5.41, 5.74) is 9.91. The van der Waals surface area contributed by atoms with Gasteiger partial charge in [-0.3, -0.25) is 0 Å². The van der Waals surface area contributed by atoms with Crippen LogP contribution in [0.5, 0.6) is 0 Å². The number of aliphatic hydroxyl groups is 2. The zero-order chi connectivity index (χ0) is 31.5. The highest BCUT2D eigenvalue weighted by atomic mass is 16.3. The van der Waals surface area contributed by atoms with Crippen LogP contribution < -0.4 is 0 Å². The maximum absolute atomic E-state index is 10.3. The van der Waals surface area contributed by atoms with Crippen molar-refractivity contribution in [1.82, 2.24) is 0 Å². The van der Waals surface area contributed by atoms with Gasteiger partial charge < -0.3 is 10.2 Å². The van der Waals surface area contributed by atoms with E-state index in [-0.39, 0.29) is 23.0 Å². The molecule has 0 aliphatic heterocycles. The van der Waals surface area contributed by atoms with Crippen molar-refractivity contribution < 1.29 is 10.2 Å². The van der Waals surface area contributed by atoms with E-state index in [0.717, 1.165) is 49.7 Å². The third-order valence-corrected chi connectivity index (χ3v) is 8.95. The number of allylic oxidation sites excluding steroid dienone is 18. The number of unbranched alkanes of at least 4 members (excludes halogenated alkanes) is 1. The number of hydrogen-bond acceptors (Lipinski definition) is 2. The summed E-state index contributed by atoms with van der Waals surface area (Å²) in [5, 5.41) is 20.5. The molecule has 230 valence electrons. The van der Waals surface area contributed by atoms with Crippen LogP contribution in [-0.4, -0.2) is 22.4 Å². The predicted molar refractivity (Wildman–Crippen MR) is 184 cm³/mol. The lowest BCUT2D eigenvalue weighted by Gasteiger charge is -2.35. The van der Waals surface area contributed by atoms with Crippen molar-refractivity contribution in [2.24, 2.45) is 10.8 Å². The SMILES string of the molecule is CC(C=CC1=C(C)C(O)CCC1(C)C)=CC=CC(C)=CCCC=C(C)C=CC=C(C)C=CC1=C(C)C(O)CCC1(C)C. The molecule has 0 saturated carbocycles. The Labute approximate surface area is 258 Å². The van der Waals surface area contributed by atoms with E-state index in [1.807, 2.05) is 0 Å². The molecule has 2 N–H and O–H groups in total. The first kappa shape index (κ1) is 35.5. The summed E-state index contributed by atoms with van der Waals surface area (Å²) in [4.78, 5) is 0. The van der Waals surface area contributed by atoms with Crippen LogP contribution in [0.15, 0.2) is 117 Å². The van der Waals surface area contributed by atoms with Crippen molar-refractivity contribution in [1.29, 1.82) is 0 Å². The van der Waals surface area contributed by atoms with Gasteiger partial charge in [-0.1, -0.05) is 123 Å². The summed E-state index contributed by atoms with van der Waals surface area (Å²) in [6.45, 7) is 21.7. The average molecular weight is 571 g/mol. The molecule has 0 saturated heterocycles. The van der Waals surface area contributed by atoms with Gasteiger partial charge in [0.15, 0.2) is 0 Å². The molecular formula is C40H58O2. The van der Waals surface area contributed by atoms with Crippen LogP contribution in [0, 0.1) is 10.8 Å². The van der Waals surface area contributed by atoms with Crippen molar-refractivity contribution in [3.63, 3.8) is 0 Å². The molecule has 2 rings (SSSR count). The highest BCUT2D eigenvalue weighted by Crippen LogP contribution is 2.42. The highest BCUT2D eigenvalue weighted by molar-refractivity contribution is 5.40. The topological polar surface area (TPSA) is 40.5 Å². The summed E-state index contributed by atoms with van der Waals surface area (Å²) in [6.07, 6.45) is 31.3. The van der Waals surface area contributed by atoms with Gasteiger partial charge in [0, 0.05) is 0 Å². The second kappa shape index (κ2) is 16.2. The summed E-state index contributed by atoms with van der Waals surface area (Å²) in [5.74, 6) is 0. The molecule has 0 aromatic rings. The molecule has 0 heterocycles. The molecule has 0 fully saturated rings. The Balaban J connectivity index is 1.86. The molecule has 2 atom stereocenters. The van der Waals surface area contributed by atoms with E-state index in [0.29, 0.717) is 0 Å². The lowest BCUT2D eigenvalue weighted by atomic mass is 9.71. The van der Waals surface area contributed by atoms with Crippen molar-refractivity contribution in [3.05, 3.63) is 117 Å². The summed E-state index contributed by atoms with van der Waals surface area (Å²) in [7, 11) is 0. The third kappa shape index (κ3) is 11.2. The first-order valence-corrected chi connectivity index (χ1v) is 15.8. The first-order chi connectivity index (χ1) is 19.6. The van der Waals surface area contributed by atoms with E-state index in [4.69, 9.17) is 0 Å². The smallest absolute Gasteiger partial charge is 0.0753 e.